The van der Waals surface area contributed by atoms with Crippen molar-refractivity contribution in [1.29, 1.82) is 0 Å². The number of H-pyrrole nitrogens is 1. The Hall–Kier alpha value is -2.58. The second kappa shape index (κ2) is 7.10. The van der Waals surface area contributed by atoms with Crippen LogP contribution in [0, 0.1) is 0 Å². The van der Waals surface area contributed by atoms with Crippen molar-refractivity contribution < 1.29 is 9.59 Å². The molecular weight excluding hydrogens is 403 g/mol. The first-order valence-corrected chi connectivity index (χ1v) is 9.26. The number of hydrogen-bond donors (Lipinski definition) is 3. The van der Waals surface area contributed by atoms with Gasteiger partial charge < -0.3 is 10.6 Å². The van der Waals surface area contributed by atoms with Crippen molar-refractivity contribution in [2.24, 2.45) is 0 Å². The zero-order valence-electron chi connectivity index (χ0n) is 16.1. The average molecular weight is 423 g/mol. The Balaban J connectivity index is 2.14. The van der Waals surface area contributed by atoms with E-state index in [1.54, 1.807) is 12.1 Å². The molecule has 0 unspecified atom stereocenters. The first-order chi connectivity index (χ1) is 13.0. The van der Waals surface area contributed by atoms with Crippen LogP contribution in [0.3, 0.4) is 0 Å². The number of anilines is 2. The van der Waals surface area contributed by atoms with Crippen LogP contribution >= 0.6 is 23.2 Å². The fraction of sp³-hybridized carbons (Fsp3) is 0.333. The van der Waals surface area contributed by atoms with Crippen LogP contribution in [-0.2, 0) is 15.0 Å². The van der Waals surface area contributed by atoms with Crippen molar-refractivity contribution in [3.8, 4) is 11.4 Å². The topological polar surface area (TPSA) is 104 Å². The van der Waals surface area contributed by atoms with Crippen molar-refractivity contribution in [2.45, 2.75) is 40.0 Å². The third-order valence-corrected chi connectivity index (χ3v) is 4.71. The van der Waals surface area contributed by atoms with Gasteiger partial charge in [0.2, 0.25) is 11.8 Å². The summed E-state index contributed by atoms with van der Waals surface area (Å²) in [4.78, 5) is 27.5. The van der Waals surface area contributed by atoms with E-state index in [0.29, 0.717) is 33.4 Å². The van der Waals surface area contributed by atoms with E-state index in [1.807, 2.05) is 20.8 Å². The van der Waals surface area contributed by atoms with Gasteiger partial charge in [-0.3, -0.25) is 14.7 Å². The lowest BCUT2D eigenvalue weighted by molar-refractivity contribution is -0.115. The van der Waals surface area contributed by atoms with Gasteiger partial charge in [0.1, 0.15) is 5.02 Å². The Morgan fingerprint density at radius 2 is 1.57 bits per heavy atom. The number of carbonyl (C=O) groups excluding carboxylic acids is 2. The van der Waals surface area contributed by atoms with E-state index < -0.39 is 0 Å². The molecule has 10 heteroatoms. The highest BCUT2D eigenvalue weighted by molar-refractivity contribution is 6.37. The largest absolute Gasteiger partial charge is 0.325 e. The number of hydrogen-bond acceptors (Lipinski definition) is 4. The van der Waals surface area contributed by atoms with Gasteiger partial charge in [0.15, 0.2) is 11.5 Å². The summed E-state index contributed by atoms with van der Waals surface area (Å²) in [5, 5.41) is 13.6. The molecule has 148 valence electrons. The van der Waals surface area contributed by atoms with Gasteiger partial charge >= 0.3 is 0 Å². The number of amides is 2. The zero-order chi connectivity index (χ0) is 20.8. The minimum atomic E-state index is -0.296. The van der Waals surface area contributed by atoms with Crippen molar-refractivity contribution >= 4 is 52.0 Å². The molecule has 0 aliphatic rings. The van der Waals surface area contributed by atoms with E-state index >= 15 is 0 Å². The van der Waals surface area contributed by atoms with Crippen LogP contribution < -0.4 is 10.6 Å². The fourth-order valence-electron chi connectivity index (χ4n) is 2.73. The smallest absolute Gasteiger partial charge is 0.221 e. The molecule has 0 fully saturated rings. The molecule has 0 saturated heterocycles. The van der Waals surface area contributed by atoms with Gasteiger partial charge in [-0.25, -0.2) is 4.98 Å². The molecule has 2 heterocycles. The molecule has 3 N–H and O–H groups in total. The molecule has 0 aliphatic carbocycles. The van der Waals surface area contributed by atoms with Crippen molar-refractivity contribution in [3.05, 3.63) is 27.9 Å². The molecule has 0 aliphatic heterocycles. The Morgan fingerprint density at radius 1 is 1.04 bits per heavy atom. The molecule has 2 aromatic heterocycles. The molecule has 0 radical (unpaired) electrons. The number of carbonyl (C=O) groups is 2. The van der Waals surface area contributed by atoms with Crippen LogP contribution in [0.5, 0.6) is 0 Å². The van der Waals surface area contributed by atoms with E-state index in [0.717, 1.165) is 5.69 Å². The maximum atomic E-state index is 11.5. The number of benzene rings is 1. The van der Waals surface area contributed by atoms with Gasteiger partial charge in [0.25, 0.3) is 0 Å². The summed E-state index contributed by atoms with van der Waals surface area (Å²) in [5.41, 5.74) is 2.35. The van der Waals surface area contributed by atoms with Crippen LogP contribution in [0.1, 0.15) is 40.3 Å². The molecule has 3 rings (SSSR count). The fourth-order valence-corrected chi connectivity index (χ4v) is 3.38. The molecule has 3 aromatic rings. The van der Waals surface area contributed by atoms with E-state index in [-0.39, 0.29) is 22.3 Å². The van der Waals surface area contributed by atoms with Gasteiger partial charge in [-0.2, -0.15) is 4.63 Å². The maximum Gasteiger partial charge on any atom is 0.221 e. The predicted molar refractivity (Wildman–Crippen MR) is 110 cm³/mol. The molecule has 1 aromatic carbocycles. The van der Waals surface area contributed by atoms with Crippen LogP contribution in [0.2, 0.25) is 10.0 Å². The Morgan fingerprint density at radius 3 is 2.00 bits per heavy atom. The lowest BCUT2D eigenvalue weighted by Gasteiger charge is -2.16. The summed E-state index contributed by atoms with van der Waals surface area (Å²) < 4.78 is 1.50. The van der Waals surface area contributed by atoms with Crippen molar-refractivity contribution in [3.63, 3.8) is 0 Å². The summed E-state index contributed by atoms with van der Waals surface area (Å²) >= 11 is 12.8. The molecule has 8 nitrogen and oxygen atoms in total. The highest BCUT2D eigenvalue weighted by Crippen LogP contribution is 2.36. The van der Waals surface area contributed by atoms with Crippen LogP contribution in [0.4, 0.5) is 11.4 Å². The summed E-state index contributed by atoms with van der Waals surface area (Å²) in [5.74, 6) is -0.227. The first kappa shape index (κ1) is 20.2. The molecule has 0 spiro atoms. The Labute approximate surface area is 171 Å². The summed E-state index contributed by atoms with van der Waals surface area (Å²) in [6.07, 6.45) is 0. The van der Waals surface area contributed by atoms with Gasteiger partial charge in [-0.1, -0.05) is 44.0 Å². The number of rotatable bonds is 3. The van der Waals surface area contributed by atoms with E-state index in [1.165, 1.54) is 18.5 Å². The normalized spacial score (nSPS) is 11.7. The van der Waals surface area contributed by atoms with E-state index in [4.69, 9.17) is 23.2 Å². The lowest BCUT2D eigenvalue weighted by Crippen LogP contribution is -2.13. The predicted octanol–water partition coefficient (Wildman–Crippen LogP) is 4.25. The molecular formula is C18H20Cl2N6O2. The summed E-state index contributed by atoms with van der Waals surface area (Å²) in [6.45, 7) is 8.83. The first-order valence-electron chi connectivity index (χ1n) is 8.51. The minimum Gasteiger partial charge on any atom is -0.325 e. The van der Waals surface area contributed by atoms with Crippen LogP contribution in [0.15, 0.2) is 12.1 Å². The van der Waals surface area contributed by atoms with Crippen LogP contribution in [0.25, 0.3) is 17.0 Å². The second-order valence-electron chi connectivity index (χ2n) is 7.47. The molecule has 0 saturated carbocycles. The van der Waals surface area contributed by atoms with Gasteiger partial charge in [-0.15, -0.1) is 5.10 Å². The highest BCUT2D eigenvalue weighted by Gasteiger charge is 2.25. The third kappa shape index (κ3) is 3.83. The number of aromatic amines is 1. The van der Waals surface area contributed by atoms with Crippen LogP contribution in [-0.4, -0.2) is 31.6 Å². The molecule has 2 amide bonds. The Bertz CT molecular complexity index is 1060. The monoisotopic (exact) mass is 422 g/mol. The molecule has 0 bridgehead atoms. The molecule has 0 atom stereocenters. The number of halogens is 2. The highest BCUT2D eigenvalue weighted by atomic mass is 35.5. The standard InChI is InChI=1S/C18H20Cl2N6O2/c1-8(27)21-11-6-10(7-12(13(11)19)22-9(2)28)16-23-17-14(20)15(18(3,4)5)24-26(17)25-16/h6-7,24H,1-5H3,(H,21,27)(H,22,28). The van der Waals surface area contributed by atoms with E-state index in [9.17, 15) is 9.59 Å². The third-order valence-electron chi connectivity index (χ3n) is 3.94. The zero-order valence-corrected chi connectivity index (χ0v) is 17.6. The summed E-state index contributed by atoms with van der Waals surface area (Å²) in [6, 6.07) is 3.28. The number of nitrogens with one attached hydrogen (secondary N) is 3. The number of aromatic nitrogens is 4. The quantitative estimate of drug-likeness (QED) is 0.586. The average Bonchev–Trinajstić information content (AvgIpc) is 3.09. The van der Waals surface area contributed by atoms with E-state index in [2.05, 4.69) is 25.8 Å². The van der Waals surface area contributed by atoms with Crippen molar-refractivity contribution in [2.75, 3.05) is 10.6 Å². The van der Waals surface area contributed by atoms with Gasteiger partial charge in [0, 0.05) is 24.8 Å². The number of nitrogens with zero attached hydrogens (tertiary/aromatic N) is 3. The number of fused-ring (bicyclic) bond motifs is 1. The Kier molecular flexibility index (Phi) is 5.12. The second-order valence-corrected chi connectivity index (χ2v) is 8.23. The summed E-state index contributed by atoms with van der Waals surface area (Å²) in [7, 11) is 0. The van der Waals surface area contributed by atoms with Gasteiger partial charge in [0.05, 0.1) is 22.1 Å². The lowest BCUT2D eigenvalue weighted by atomic mass is 9.92. The SMILES string of the molecule is CC(=O)Nc1cc(-c2nc3c(Cl)c(C(C)(C)C)[nH]n3n2)cc(NC(C)=O)c1Cl. The maximum absolute atomic E-state index is 11.5. The van der Waals surface area contributed by atoms with Crippen molar-refractivity contribution in [1.82, 2.24) is 19.8 Å². The van der Waals surface area contributed by atoms with Gasteiger partial charge in [-0.05, 0) is 12.1 Å². The molecule has 28 heavy (non-hydrogen) atoms. The minimum absolute atomic E-state index is 0.197.